The van der Waals surface area contributed by atoms with Gasteiger partial charge in [0.25, 0.3) is 0 Å². The van der Waals surface area contributed by atoms with Crippen molar-refractivity contribution in [1.82, 2.24) is 10.6 Å². The fourth-order valence-electron chi connectivity index (χ4n) is 1.08. The van der Waals surface area contributed by atoms with E-state index in [1.807, 2.05) is 6.92 Å². The Bertz CT molecular complexity index is 239. The average molecular weight is 215 g/mol. The Morgan fingerprint density at radius 3 is 2.33 bits per heavy atom. The Morgan fingerprint density at radius 1 is 1.40 bits per heavy atom. The minimum atomic E-state index is -0.872. The number of carbonyl (C=O) groups is 2. The molecular formula is C10H21N3O2. The molecule has 0 spiro atoms. The van der Waals surface area contributed by atoms with Gasteiger partial charge < -0.3 is 11.1 Å². The molecule has 0 saturated heterocycles. The van der Waals surface area contributed by atoms with E-state index in [4.69, 9.17) is 5.73 Å². The van der Waals surface area contributed by atoms with E-state index in [2.05, 4.69) is 10.6 Å². The van der Waals surface area contributed by atoms with Gasteiger partial charge >= 0.3 is 0 Å². The zero-order chi connectivity index (χ0) is 12.1. The lowest BCUT2D eigenvalue weighted by atomic mass is 10.0. The first-order valence-corrected chi connectivity index (χ1v) is 5.16. The Morgan fingerprint density at radius 2 is 1.93 bits per heavy atom. The predicted octanol–water partition coefficient (Wildman–Crippen LogP) is -0.245. The fraction of sp³-hybridized carbons (Fsp3) is 0.800. The maximum atomic E-state index is 11.5. The van der Waals surface area contributed by atoms with Gasteiger partial charge in [0.05, 0.1) is 11.6 Å². The van der Waals surface area contributed by atoms with Gasteiger partial charge in [0.2, 0.25) is 11.8 Å². The molecule has 0 radical (unpaired) electrons. The zero-order valence-electron chi connectivity index (χ0n) is 9.89. The number of amides is 2. The van der Waals surface area contributed by atoms with E-state index in [0.717, 1.165) is 6.42 Å². The molecule has 0 aromatic carbocycles. The molecule has 0 aromatic heterocycles. The van der Waals surface area contributed by atoms with Crippen molar-refractivity contribution in [2.75, 3.05) is 6.54 Å². The first kappa shape index (κ1) is 13.9. The van der Waals surface area contributed by atoms with Crippen LogP contribution >= 0.6 is 0 Å². The monoisotopic (exact) mass is 215 g/mol. The van der Waals surface area contributed by atoms with Crippen LogP contribution in [0, 0.1) is 0 Å². The van der Waals surface area contributed by atoms with Crippen molar-refractivity contribution in [3.05, 3.63) is 0 Å². The summed E-state index contributed by atoms with van der Waals surface area (Å²) in [6, 6.07) is -0.431. The molecule has 15 heavy (non-hydrogen) atoms. The summed E-state index contributed by atoms with van der Waals surface area (Å²) in [5, 5.41) is 5.62. The van der Waals surface area contributed by atoms with E-state index in [1.165, 1.54) is 0 Å². The summed E-state index contributed by atoms with van der Waals surface area (Å²) in [6.45, 7) is 7.63. The largest absolute Gasteiger partial charge is 0.368 e. The second-order valence-corrected chi connectivity index (χ2v) is 4.15. The van der Waals surface area contributed by atoms with Crippen LogP contribution in [-0.2, 0) is 9.59 Å². The van der Waals surface area contributed by atoms with Gasteiger partial charge in [-0.2, -0.15) is 0 Å². The van der Waals surface area contributed by atoms with Crippen LogP contribution in [-0.4, -0.2) is 29.9 Å². The highest BCUT2D eigenvalue weighted by Gasteiger charge is 2.28. The highest BCUT2D eigenvalue weighted by molar-refractivity contribution is 5.86. The smallest absolute Gasteiger partial charge is 0.237 e. The third kappa shape index (κ3) is 4.78. The molecule has 88 valence electrons. The number of primary amides is 1. The van der Waals surface area contributed by atoms with Crippen LogP contribution in [0.4, 0.5) is 0 Å². The van der Waals surface area contributed by atoms with Crippen LogP contribution in [0.15, 0.2) is 0 Å². The van der Waals surface area contributed by atoms with Crippen molar-refractivity contribution in [2.45, 2.75) is 45.7 Å². The minimum Gasteiger partial charge on any atom is -0.368 e. The van der Waals surface area contributed by atoms with Gasteiger partial charge in [0.15, 0.2) is 0 Å². The van der Waals surface area contributed by atoms with Crippen molar-refractivity contribution in [2.24, 2.45) is 5.73 Å². The van der Waals surface area contributed by atoms with Crippen molar-refractivity contribution in [1.29, 1.82) is 0 Å². The van der Waals surface area contributed by atoms with Gasteiger partial charge in [-0.15, -0.1) is 0 Å². The van der Waals surface area contributed by atoms with Crippen LogP contribution < -0.4 is 16.4 Å². The first-order chi connectivity index (χ1) is 6.81. The van der Waals surface area contributed by atoms with Crippen LogP contribution in [0.2, 0.25) is 0 Å². The van der Waals surface area contributed by atoms with Crippen molar-refractivity contribution in [3.63, 3.8) is 0 Å². The van der Waals surface area contributed by atoms with Crippen molar-refractivity contribution >= 4 is 11.8 Å². The molecule has 0 aliphatic heterocycles. The highest BCUT2D eigenvalue weighted by Crippen LogP contribution is 2.02. The van der Waals surface area contributed by atoms with Gasteiger partial charge in [0.1, 0.15) is 0 Å². The fourth-order valence-corrected chi connectivity index (χ4v) is 1.08. The maximum Gasteiger partial charge on any atom is 0.237 e. The number of rotatable bonds is 6. The molecule has 4 N–H and O–H groups in total. The summed E-state index contributed by atoms with van der Waals surface area (Å²) in [5.41, 5.74) is 4.31. The molecule has 0 bridgehead atoms. The summed E-state index contributed by atoms with van der Waals surface area (Å²) in [6.07, 6.45) is 0.887. The topological polar surface area (TPSA) is 84.2 Å². The first-order valence-electron chi connectivity index (χ1n) is 5.16. The summed E-state index contributed by atoms with van der Waals surface area (Å²) in [5.74, 6) is -0.594. The minimum absolute atomic E-state index is 0.119. The molecule has 5 nitrogen and oxygen atoms in total. The lowest BCUT2D eigenvalue weighted by Crippen LogP contribution is -2.57. The lowest BCUT2D eigenvalue weighted by molar-refractivity contribution is -0.126. The standard InChI is InChI=1S/C10H21N3O2/c1-5-6-12-8(14)7(2)13-10(3,4)9(11)15/h7,13H,5-6H2,1-4H3,(H2,11,15)(H,12,14). The molecule has 0 rings (SSSR count). The Labute approximate surface area is 90.8 Å². The second-order valence-electron chi connectivity index (χ2n) is 4.15. The van der Waals surface area contributed by atoms with E-state index in [-0.39, 0.29) is 5.91 Å². The van der Waals surface area contributed by atoms with E-state index in [1.54, 1.807) is 20.8 Å². The number of nitrogens with one attached hydrogen (secondary N) is 2. The van der Waals surface area contributed by atoms with Crippen molar-refractivity contribution in [3.8, 4) is 0 Å². The average Bonchev–Trinajstić information content (AvgIpc) is 2.13. The van der Waals surface area contributed by atoms with E-state index < -0.39 is 17.5 Å². The molecule has 0 saturated carbocycles. The van der Waals surface area contributed by atoms with Crippen molar-refractivity contribution < 1.29 is 9.59 Å². The Kier molecular flexibility index (Phi) is 5.28. The molecular weight excluding hydrogens is 194 g/mol. The Hall–Kier alpha value is -1.10. The van der Waals surface area contributed by atoms with E-state index in [0.29, 0.717) is 6.54 Å². The molecule has 0 aliphatic carbocycles. The molecule has 1 unspecified atom stereocenters. The molecule has 5 heteroatoms. The van der Waals surface area contributed by atoms with Gasteiger partial charge in [-0.05, 0) is 27.2 Å². The summed E-state index contributed by atoms with van der Waals surface area (Å²) in [4.78, 5) is 22.5. The molecule has 2 amide bonds. The van der Waals surface area contributed by atoms with E-state index >= 15 is 0 Å². The number of hydrogen-bond donors (Lipinski definition) is 3. The number of carbonyl (C=O) groups excluding carboxylic acids is 2. The maximum absolute atomic E-state index is 11.5. The quantitative estimate of drug-likeness (QED) is 0.571. The van der Waals surface area contributed by atoms with Gasteiger partial charge in [-0.1, -0.05) is 6.92 Å². The molecule has 0 aliphatic rings. The molecule has 0 aromatic rings. The molecule has 0 fully saturated rings. The lowest BCUT2D eigenvalue weighted by Gasteiger charge is -2.26. The normalized spacial score (nSPS) is 13.3. The molecule has 1 atom stereocenters. The second kappa shape index (κ2) is 5.70. The Balaban J connectivity index is 4.17. The third-order valence-corrected chi connectivity index (χ3v) is 2.14. The molecule has 0 heterocycles. The number of nitrogens with two attached hydrogens (primary N) is 1. The van der Waals surface area contributed by atoms with Gasteiger partial charge in [0, 0.05) is 6.54 Å². The summed E-state index contributed by atoms with van der Waals surface area (Å²) in [7, 11) is 0. The van der Waals surface area contributed by atoms with Crippen LogP contribution in [0.3, 0.4) is 0 Å². The van der Waals surface area contributed by atoms with Crippen LogP contribution in [0.1, 0.15) is 34.1 Å². The third-order valence-electron chi connectivity index (χ3n) is 2.14. The number of hydrogen-bond acceptors (Lipinski definition) is 3. The zero-order valence-corrected chi connectivity index (χ0v) is 9.89. The highest BCUT2D eigenvalue weighted by atomic mass is 16.2. The van der Waals surface area contributed by atoms with Gasteiger partial charge in [-0.3, -0.25) is 14.9 Å². The van der Waals surface area contributed by atoms with Crippen LogP contribution in [0.5, 0.6) is 0 Å². The predicted molar refractivity (Wildman–Crippen MR) is 59.2 cm³/mol. The SMILES string of the molecule is CCCNC(=O)C(C)NC(C)(C)C(N)=O. The summed E-state index contributed by atoms with van der Waals surface area (Å²) < 4.78 is 0. The van der Waals surface area contributed by atoms with Crippen LogP contribution in [0.25, 0.3) is 0 Å². The summed E-state index contributed by atoms with van der Waals surface area (Å²) >= 11 is 0. The van der Waals surface area contributed by atoms with Gasteiger partial charge in [-0.25, -0.2) is 0 Å². The van der Waals surface area contributed by atoms with E-state index in [9.17, 15) is 9.59 Å².